The molecular formula is C42H49N7O10. The summed E-state index contributed by atoms with van der Waals surface area (Å²) in [4.78, 5) is 95.5. The molecule has 0 saturated heterocycles. The number of aryl methyl sites for hydroxylation is 2. The molecule has 4 bridgehead atoms. The van der Waals surface area contributed by atoms with Gasteiger partial charge in [0.2, 0.25) is 23.6 Å². The van der Waals surface area contributed by atoms with Crippen LogP contribution in [-0.2, 0) is 38.7 Å². The number of benzene rings is 3. The molecule has 2 aliphatic rings. The van der Waals surface area contributed by atoms with Gasteiger partial charge in [0.1, 0.15) is 30.1 Å². The fourth-order valence-electron chi connectivity index (χ4n) is 6.32. The van der Waals surface area contributed by atoms with E-state index < -0.39 is 60.1 Å². The van der Waals surface area contributed by atoms with E-state index in [1.165, 1.54) is 39.2 Å². The summed E-state index contributed by atoms with van der Waals surface area (Å²) in [6, 6.07) is 17.0. The third-order valence-corrected chi connectivity index (χ3v) is 9.66. The van der Waals surface area contributed by atoms with Crippen molar-refractivity contribution in [1.82, 2.24) is 35.7 Å². The molecule has 2 aliphatic heterocycles. The van der Waals surface area contributed by atoms with Crippen molar-refractivity contribution in [3.05, 3.63) is 116 Å². The predicted molar refractivity (Wildman–Crippen MR) is 216 cm³/mol. The fraction of sp³-hybridized carbons (Fsp3) is 0.357. The van der Waals surface area contributed by atoms with Gasteiger partial charge < -0.3 is 40.4 Å². The van der Waals surface area contributed by atoms with Crippen LogP contribution in [0.1, 0.15) is 53.2 Å². The molecule has 0 saturated carbocycles. The van der Waals surface area contributed by atoms with Gasteiger partial charge in [0.05, 0.1) is 20.8 Å². The number of nitrogens with one attached hydrogen (secondary N) is 5. The van der Waals surface area contributed by atoms with Crippen molar-refractivity contribution in [3.8, 4) is 23.0 Å². The zero-order valence-corrected chi connectivity index (χ0v) is 33.4. The van der Waals surface area contributed by atoms with Crippen molar-refractivity contribution in [2.75, 3.05) is 33.9 Å². The van der Waals surface area contributed by atoms with Crippen molar-refractivity contribution in [2.24, 2.45) is 0 Å². The zero-order valence-electron chi connectivity index (χ0n) is 33.4. The summed E-state index contributed by atoms with van der Waals surface area (Å²) < 4.78 is 18.2. The number of ether oxygens (including phenoxy) is 3. The van der Waals surface area contributed by atoms with Crippen LogP contribution in [-0.4, -0.2) is 89.9 Å². The molecule has 312 valence electrons. The number of fused-ring (bicyclic) bond motifs is 18. The van der Waals surface area contributed by atoms with Crippen LogP contribution in [0.25, 0.3) is 0 Å². The summed E-state index contributed by atoms with van der Waals surface area (Å²) in [6.07, 6.45) is 2.61. The van der Waals surface area contributed by atoms with Crippen LogP contribution in [0.15, 0.2) is 82.5 Å². The number of hydrogen-bond acceptors (Lipinski definition) is 10. The number of hydrogen-bond donors (Lipinski definition) is 5. The van der Waals surface area contributed by atoms with Crippen LogP contribution in [0.4, 0.5) is 0 Å². The minimum Gasteiger partial charge on any atom is -0.496 e. The second kappa shape index (κ2) is 20.5. The monoisotopic (exact) mass is 811 g/mol. The highest BCUT2D eigenvalue weighted by Gasteiger charge is 2.27. The number of methoxy groups -OCH3 is 2. The largest absolute Gasteiger partial charge is 0.496 e. The molecule has 59 heavy (non-hydrogen) atoms. The maximum absolute atomic E-state index is 13.7. The van der Waals surface area contributed by atoms with Crippen molar-refractivity contribution in [1.29, 1.82) is 0 Å². The van der Waals surface area contributed by atoms with Gasteiger partial charge in [0, 0.05) is 48.6 Å². The maximum atomic E-state index is 13.7. The number of rotatable bonds is 7. The Kier molecular flexibility index (Phi) is 15.0. The van der Waals surface area contributed by atoms with Crippen LogP contribution < -0.4 is 46.7 Å². The Hall–Kier alpha value is -6.91. The van der Waals surface area contributed by atoms with E-state index in [4.69, 9.17) is 14.2 Å². The van der Waals surface area contributed by atoms with Crippen molar-refractivity contribution < 1.29 is 38.2 Å². The number of aromatic amines is 1. The molecule has 17 nitrogen and oxygen atoms in total. The summed E-state index contributed by atoms with van der Waals surface area (Å²) in [6.45, 7) is 2.40. The minimum absolute atomic E-state index is 0.0459. The summed E-state index contributed by atoms with van der Waals surface area (Å²) in [5.74, 6) is -1.31. The summed E-state index contributed by atoms with van der Waals surface area (Å²) >= 11 is 0. The molecule has 4 aromatic rings. The Morgan fingerprint density at radius 1 is 0.864 bits per heavy atom. The van der Waals surface area contributed by atoms with E-state index in [1.807, 2.05) is 30.3 Å². The van der Waals surface area contributed by atoms with Gasteiger partial charge in [-0.05, 0) is 75.4 Å². The lowest BCUT2D eigenvalue weighted by molar-refractivity contribution is -0.138. The second-order valence-corrected chi connectivity index (χ2v) is 14.0. The van der Waals surface area contributed by atoms with E-state index in [9.17, 15) is 33.6 Å². The minimum atomic E-state index is -1.09. The van der Waals surface area contributed by atoms with E-state index in [2.05, 4.69) is 26.3 Å². The van der Waals surface area contributed by atoms with Crippen LogP contribution in [0.5, 0.6) is 23.0 Å². The first-order valence-corrected chi connectivity index (χ1v) is 19.2. The Morgan fingerprint density at radius 2 is 1.63 bits per heavy atom. The summed E-state index contributed by atoms with van der Waals surface area (Å²) in [5.41, 5.74) is 0.677. The Labute approximate surface area is 340 Å². The fourth-order valence-corrected chi connectivity index (χ4v) is 6.32. The van der Waals surface area contributed by atoms with E-state index in [-0.39, 0.29) is 43.3 Å². The maximum Gasteiger partial charge on any atom is 0.328 e. The molecule has 0 fully saturated rings. The van der Waals surface area contributed by atoms with Crippen LogP contribution in [0.2, 0.25) is 0 Å². The topological polar surface area (TPSA) is 219 Å². The average Bonchev–Trinajstić information content (AvgIpc) is 3.22. The molecule has 0 unspecified atom stereocenters. The predicted octanol–water partition coefficient (Wildman–Crippen LogP) is 1.95. The van der Waals surface area contributed by atoms with Gasteiger partial charge in [-0.25, -0.2) is 4.79 Å². The van der Waals surface area contributed by atoms with Gasteiger partial charge in [0.25, 0.3) is 11.5 Å². The second-order valence-electron chi connectivity index (χ2n) is 14.0. The molecule has 0 radical (unpaired) electrons. The molecular weight excluding hydrogens is 763 g/mol. The number of nitrogens with zero attached hydrogens (tertiary/aromatic N) is 2. The van der Waals surface area contributed by atoms with Gasteiger partial charge in [-0.2, -0.15) is 0 Å². The van der Waals surface area contributed by atoms with Gasteiger partial charge in [0.15, 0.2) is 11.5 Å². The third-order valence-electron chi connectivity index (χ3n) is 9.66. The van der Waals surface area contributed by atoms with E-state index in [0.717, 1.165) is 10.1 Å². The molecule has 6 rings (SSSR count). The Bertz CT molecular complexity index is 2270. The van der Waals surface area contributed by atoms with Crippen LogP contribution >= 0.6 is 0 Å². The molecule has 5 N–H and O–H groups in total. The highest BCUT2D eigenvalue weighted by atomic mass is 16.5. The van der Waals surface area contributed by atoms with E-state index >= 15 is 0 Å². The number of carbonyl (C=O) groups excluding carboxylic acids is 5. The highest BCUT2D eigenvalue weighted by Crippen LogP contribution is 2.35. The van der Waals surface area contributed by atoms with Crippen LogP contribution in [0, 0.1) is 6.92 Å². The number of aromatic nitrogens is 2. The molecule has 3 aromatic carbocycles. The Morgan fingerprint density at radius 3 is 2.37 bits per heavy atom. The lowest BCUT2D eigenvalue weighted by atomic mass is 10.0. The molecule has 2 atom stereocenters. The van der Waals surface area contributed by atoms with Crippen molar-refractivity contribution in [3.63, 3.8) is 0 Å². The van der Waals surface area contributed by atoms with Gasteiger partial charge >= 0.3 is 5.69 Å². The SMILES string of the molecule is COc1cc2ccc1CNC(=O)[C@H](C)NC(=O)[C@H](CCc1ccccc1)NC(=O)CN(C(=O)Cn1cc(C)c(=O)[nH]c1=O)CCCCNC(=O)c1ccc(OC)c(c1)O2. The quantitative estimate of drug-likeness (QED) is 0.171. The zero-order chi connectivity index (χ0) is 42.5. The molecule has 0 spiro atoms. The first-order chi connectivity index (χ1) is 28.3. The average molecular weight is 812 g/mol. The molecule has 1 aromatic heterocycles. The third kappa shape index (κ3) is 12.0. The van der Waals surface area contributed by atoms with Gasteiger partial charge in [-0.3, -0.25) is 38.3 Å². The molecule has 0 aliphatic carbocycles. The first-order valence-electron chi connectivity index (χ1n) is 19.2. The molecule has 17 heteroatoms. The Balaban J connectivity index is 1.41. The van der Waals surface area contributed by atoms with Gasteiger partial charge in [-0.1, -0.05) is 30.3 Å². The normalized spacial score (nSPS) is 17.3. The molecule has 5 amide bonds. The summed E-state index contributed by atoms with van der Waals surface area (Å²) in [7, 11) is 2.95. The van der Waals surface area contributed by atoms with Crippen molar-refractivity contribution >= 4 is 29.5 Å². The number of carbonyl (C=O) groups is 5. The van der Waals surface area contributed by atoms with Gasteiger partial charge in [-0.15, -0.1) is 0 Å². The highest BCUT2D eigenvalue weighted by molar-refractivity contribution is 5.95. The molecule has 3 heterocycles. The van der Waals surface area contributed by atoms with Crippen molar-refractivity contribution in [2.45, 2.75) is 64.7 Å². The lowest BCUT2D eigenvalue weighted by Crippen LogP contribution is -2.54. The smallest absolute Gasteiger partial charge is 0.328 e. The van der Waals surface area contributed by atoms with E-state index in [0.29, 0.717) is 47.6 Å². The summed E-state index contributed by atoms with van der Waals surface area (Å²) in [5, 5.41) is 11.1. The lowest BCUT2D eigenvalue weighted by Gasteiger charge is -2.25. The first kappa shape index (κ1) is 43.2. The van der Waals surface area contributed by atoms with Crippen LogP contribution in [0.3, 0.4) is 0 Å². The van der Waals surface area contributed by atoms with E-state index in [1.54, 1.807) is 36.4 Å². The number of H-pyrrole nitrogens is 1. The standard InChI is InChI=1S/C42H49N7O10/c1-26-23-49(42(56)47-38(26)52)25-37(51)48-19-9-8-18-43-40(54)29-14-17-33(57-3)35(20-29)59-31-15-13-30(34(21-31)58-4)22-44-39(53)27(2)45-41(55)32(46-36(50)24-48)16-12-28-10-6-5-7-11-28/h5-7,10-11,13-15,17,20-21,23,27,32H,8-9,12,16,18-19,22,24-25H2,1-4H3,(H,43,54)(H,44,53)(H,45,55)(H,46,50)(H,47,52,56)/t27-,32-/m0/s1. The number of amides is 5.